The molecule has 2 heterocycles. The van der Waals surface area contributed by atoms with Gasteiger partial charge in [-0.15, -0.1) is 0 Å². The molecule has 2 aliphatic heterocycles. The molecule has 114 valence electrons. The molecule has 1 aromatic rings. The lowest BCUT2D eigenvalue weighted by atomic mass is 9.87. The standard InChI is InChI=1S/C17H24N2O2/c1-3-14-11-19(8-9-21-14)17(20)15-10-13-6-4-5-7-16(13)18-12(15)2/h4-7,12,14-15,18H,3,8-11H2,1-2H3. The van der Waals surface area contributed by atoms with Gasteiger partial charge in [-0.05, 0) is 31.4 Å². The molecule has 1 N–H and O–H groups in total. The number of hydrogen-bond acceptors (Lipinski definition) is 3. The summed E-state index contributed by atoms with van der Waals surface area (Å²) in [5, 5.41) is 3.48. The third-order valence-electron chi connectivity index (χ3n) is 4.67. The zero-order chi connectivity index (χ0) is 14.8. The largest absolute Gasteiger partial charge is 0.382 e. The molecular formula is C17H24N2O2. The van der Waals surface area contributed by atoms with Gasteiger partial charge in [0, 0.05) is 24.8 Å². The second kappa shape index (κ2) is 6.06. The quantitative estimate of drug-likeness (QED) is 0.908. The molecule has 0 spiro atoms. The highest BCUT2D eigenvalue weighted by Crippen LogP contribution is 2.29. The maximum atomic E-state index is 12.9. The Morgan fingerprint density at radius 3 is 3.05 bits per heavy atom. The summed E-state index contributed by atoms with van der Waals surface area (Å²) >= 11 is 0. The van der Waals surface area contributed by atoms with Crippen molar-refractivity contribution in [2.24, 2.45) is 5.92 Å². The Labute approximate surface area is 126 Å². The summed E-state index contributed by atoms with van der Waals surface area (Å²) in [7, 11) is 0. The lowest BCUT2D eigenvalue weighted by molar-refractivity contribution is -0.143. The number of anilines is 1. The molecule has 3 atom stereocenters. The van der Waals surface area contributed by atoms with Crippen LogP contribution in [-0.4, -0.2) is 42.6 Å². The Balaban J connectivity index is 1.73. The average molecular weight is 288 g/mol. The van der Waals surface area contributed by atoms with Gasteiger partial charge < -0.3 is 15.0 Å². The Bertz CT molecular complexity index is 517. The van der Waals surface area contributed by atoms with Gasteiger partial charge in [0.1, 0.15) is 0 Å². The smallest absolute Gasteiger partial charge is 0.228 e. The van der Waals surface area contributed by atoms with Gasteiger partial charge in [-0.3, -0.25) is 4.79 Å². The predicted octanol–water partition coefficient (Wildman–Crippen LogP) is 2.30. The first kappa shape index (κ1) is 14.4. The molecule has 3 unspecified atom stereocenters. The second-order valence-corrected chi connectivity index (χ2v) is 6.09. The zero-order valence-electron chi connectivity index (χ0n) is 12.8. The third-order valence-corrected chi connectivity index (χ3v) is 4.67. The molecule has 0 radical (unpaired) electrons. The van der Waals surface area contributed by atoms with Crippen LogP contribution in [0.5, 0.6) is 0 Å². The molecule has 0 aromatic heterocycles. The van der Waals surface area contributed by atoms with Crippen LogP contribution in [0.15, 0.2) is 24.3 Å². The Kier molecular flexibility index (Phi) is 4.15. The van der Waals surface area contributed by atoms with Gasteiger partial charge in [0.25, 0.3) is 0 Å². The third kappa shape index (κ3) is 2.91. The number of fused-ring (bicyclic) bond motifs is 1. The number of benzene rings is 1. The summed E-state index contributed by atoms with van der Waals surface area (Å²) in [4.78, 5) is 14.9. The van der Waals surface area contributed by atoms with Gasteiger partial charge in [0.15, 0.2) is 0 Å². The first-order valence-electron chi connectivity index (χ1n) is 7.94. The number of para-hydroxylation sites is 1. The maximum Gasteiger partial charge on any atom is 0.228 e. The summed E-state index contributed by atoms with van der Waals surface area (Å²) in [5.74, 6) is 0.293. The first-order chi connectivity index (χ1) is 10.2. The Morgan fingerprint density at radius 1 is 1.43 bits per heavy atom. The number of ether oxygens (including phenoxy) is 1. The number of morpholine rings is 1. The minimum atomic E-state index is 0.0236. The van der Waals surface area contributed by atoms with Crippen molar-refractivity contribution in [3.63, 3.8) is 0 Å². The van der Waals surface area contributed by atoms with Crippen molar-refractivity contribution in [1.29, 1.82) is 0 Å². The zero-order valence-corrected chi connectivity index (χ0v) is 12.8. The summed E-state index contributed by atoms with van der Waals surface area (Å²) in [6.07, 6.45) is 1.99. The number of rotatable bonds is 2. The van der Waals surface area contributed by atoms with Crippen LogP contribution in [0.4, 0.5) is 5.69 Å². The molecular weight excluding hydrogens is 264 g/mol. The topological polar surface area (TPSA) is 41.6 Å². The average Bonchev–Trinajstić information content (AvgIpc) is 2.53. The number of nitrogens with zero attached hydrogens (tertiary/aromatic N) is 1. The highest BCUT2D eigenvalue weighted by atomic mass is 16.5. The van der Waals surface area contributed by atoms with E-state index >= 15 is 0 Å². The van der Waals surface area contributed by atoms with Crippen molar-refractivity contribution in [1.82, 2.24) is 4.90 Å². The lowest BCUT2D eigenvalue weighted by Gasteiger charge is -2.38. The summed E-state index contributed by atoms with van der Waals surface area (Å²) in [6, 6.07) is 8.46. The molecule has 1 saturated heterocycles. The van der Waals surface area contributed by atoms with E-state index in [-0.39, 0.29) is 24.0 Å². The highest BCUT2D eigenvalue weighted by Gasteiger charge is 2.35. The minimum absolute atomic E-state index is 0.0236. The monoisotopic (exact) mass is 288 g/mol. The van der Waals surface area contributed by atoms with E-state index in [4.69, 9.17) is 4.74 Å². The van der Waals surface area contributed by atoms with Gasteiger partial charge in [0.2, 0.25) is 5.91 Å². The van der Waals surface area contributed by atoms with Crippen molar-refractivity contribution in [2.45, 2.75) is 38.8 Å². The molecule has 0 aliphatic carbocycles. The van der Waals surface area contributed by atoms with Gasteiger partial charge >= 0.3 is 0 Å². The molecule has 21 heavy (non-hydrogen) atoms. The maximum absolute atomic E-state index is 12.9. The normalized spacial score (nSPS) is 28.7. The van der Waals surface area contributed by atoms with E-state index in [1.54, 1.807) is 0 Å². The fraction of sp³-hybridized carbons (Fsp3) is 0.588. The molecule has 0 saturated carbocycles. The lowest BCUT2D eigenvalue weighted by Crippen LogP contribution is -2.51. The van der Waals surface area contributed by atoms with Crippen LogP contribution in [0.3, 0.4) is 0 Å². The number of carbonyl (C=O) groups excluding carboxylic acids is 1. The van der Waals surface area contributed by atoms with E-state index in [0.29, 0.717) is 6.61 Å². The van der Waals surface area contributed by atoms with Crippen LogP contribution in [0.2, 0.25) is 0 Å². The van der Waals surface area contributed by atoms with E-state index in [2.05, 4.69) is 31.3 Å². The van der Waals surface area contributed by atoms with Crippen LogP contribution in [0, 0.1) is 5.92 Å². The molecule has 1 aromatic carbocycles. The van der Waals surface area contributed by atoms with Crippen LogP contribution in [0.25, 0.3) is 0 Å². The number of carbonyl (C=O) groups is 1. The van der Waals surface area contributed by atoms with Crippen LogP contribution >= 0.6 is 0 Å². The van der Waals surface area contributed by atoms with Gasteiger partial charge in [-0.1, -0.05) is 25.1 Å². The SMILES string of the molecule is CCC1CN(C(=O)C2Cc3ccccc3NC2C)CCO1. The summed E-state index contributed by atoms with van der Waals surface area (Å²) in [5.41, 5.74) is 2.41. The second-order valence-electron chi connectivity index (χ2n) is 6.09. The molecule has 1 fully saturated rings. The number of amides is 1. The fourth-order valence-corrected chi connectivity index (χ4v) is 3.30. The van der Waals surface area contributed by atoms with E-state index < -0.39 is 0 Å². The molecule has 1 amide bonds. The van der Waals surface area contributed by atoms with Crippen molar-refractivity contribution in [3.05, 3.63) is 29.8 Å². The number of hydrogen-bond donors (Lipinski definition) is 1. The molecule has 4 nitrogen and oxygen atoms in total. The molecule has 3 rings (SSSR count). The number of nitrogens with one attached hydrogen (secondary N) is 1. The van der Waals surface area contributed by atoms with Gasteiger partial charge in [0.05, 0.1) is 18.6 Å². The summed E-state index contributed by atoms with van der Waals surface area (Å²) < 4.78 is 5.67. The van der Waals surface area contributed by atoms with Crippen molar-refractivity contribution >= 4 is 11.6 Å². The van der Waals surface area contributed by atoms with Crippen LogP contribution in [0.1, 0.15) is 25.8 Å². The van der Waals surface area contributed by atoms with Crippen molar-refractivity contribution in [3.8, 4) is 0 Å². The van der Waals surface area contributed by atoms with Crippen molar-refractivity contribution < 1.29 is 9.53 Å². The Morgan fingerprint density at radius 2 is 2.24 bits per heavy atom. The van der Waals surface area contributed by atoms with E-state index in [9.17, 15) is 4.79 Å². The van der Waals surface area contributed by atoms with Crippen LogP contribution in [-0.2, 0) is 16.0 Å². The molecule has 2 aliphatic rings. The Hall–Kier alpha value is -1.55. The minimum Gasteiger partial charge on any atom is -0.382 e. The first-order valence-corrected chi connectivity index (χ1v) is 7.94. The van der Waals surface area contributed by atoms with E-state index in [1.807, 2.05) is 17.0 Å². The van der Waals surface area contributed by atoms with Gasteiger partial charge in [-0.25, -0.2) is 0 Å². The van der Waals surface area contributed by atoms with Crippen LogP contribution < -0.4 is 5.32 Å². The highest BCUT2D eigenvalue weighted by molar-refractivity contribution is 5.81. The fourth-order valence-electron chi connectivity index (χ4n) is 3.30. The molecule has 4 heteroatoms. The van der Waals surface area contributed by atoms with Gasteiger partial charge in [-0.2, -0.15) is 0 Å². The molecule has 0 bridgehead atoms. The van der Waals surface area contributed by atoms with E-state index in [1.165, 1.54) is 11.3 Å². The predicted molar refractivity (Wildman–Crippen MR) is 83.3 cm³/mol. The van der Waals surface area contributed by atoms with Crippen molar-refractivity contribution in [2.75, 3.05) is 25.0 Å². The van der Waals surface area contributed by atoms with E-state index in [0.717, 1.165) is 25.9 Å². The summed E-state index contributed by atoms with van der Waals surface area (Å²) in [6.45, 7) is 6.34.